The molecule has 76 valence electrons. The first-order chi connectivity index (χ1) is 6.79. The van der Waals surface area contributed by atoms with Crippen LogP contribution < -0.4 is 0 Å². The van der Waals surface area contributed by atoms with Gasteiger partial charge in [0.2, 0.25) is 0 Å². The Hall–Kier alpha value is -0.0900. The molecule has 0 amide bonds. The molecule has 1 aliphatic heterocycles. The molecule has 0 aromatic heterocycles. The standard InChI is InChI=1S/C10H10BrClO2/c11-8-3-1-7(2-4-8)10-13-6-9(5-12)14-10/h1-4,9-10H,5-6H2/t9-,10+/m0/s1. The van der Waals surface area contributed by atoms with E-state index in [-0.39, 0.29) is 12.4 Å². The maximum absolute atomic E-state index is 5.67. The van der Waals surface area contributed by atoms with Crippen LogP contribution in [0.4, 0.5) is 0 Å². The van der Waals surface area contributed by atoms with E-state index in [1.807, 2.05) is 24.3 Å². The van der Waals surface area contributed by atoms with Crippen LogP contribution in [0.3, 0.4) is 0 Å². The van der Waals surface area contributed by atoms with E-state index in [0.717, 1.165) is 10.0 Å². The van der Waals surface area contributed by atoms with Gasteiger partial charge in [-0.2, -0.15) is 0 Å². The van der Waals surface area contributed by atoms with Gasteiger partial charge in [0.05, 0.1) is 18.6 Å². The van der Waals surface area contributed by atoms with Gasteiger partial charge in [0.25, 0.3) is 0 Å². The normalized spacial score (nSPS) is 26.7. The van der Waals surface area contributed by atoms with E-state index >= 15 is 0 Å². The minimum Gasteiger partial charge on any atom is -0.346 e. The minimum absolute atomic E-state index is 0.0188. The number of hydrogen-bond donors (Lipinski definition) is 0. The van der Waals surface area contributed by atoms with Crippen molar-refractivity contribution in [2.75, 3.05) is 12.5 Å². The SMILES string of the molecule is ClC[C@H]1CO[C@@H](c2ccc(Br)cc2)O1. The predicted octanol–water partition coefficient (Wildman–Crippen LogP) is 3.10. The van der Waals surface area contributed by atoms with Crippen LogP contribution in [0.5, 0.6) is 0 Å². The topological polar surface area (TPSA) is 18.5 Å². The molecule has 0 bridgehead atoms. The quantitative estimate of drug-likeness (QED) is 0.773. The van der Waals surface area contributed by atoms with E-state index in [0.29, 0.717) is 12.5 Å². The summed E-state index contributed by atoms with van der Waals surface area (Å²) in [5, 5.41) is 0. The van der Waals surface area contributed by atoms with Crippen LogP contribution in [0, 0.1) is 0 Å². The summed E-state index contributed by atoms with van der Waals surface area (Å²) in [5.74, 6) is 0.479. The van der Waals surface area contributed by atoms with Crippen LogP contribution in [-0.4, -0.2) is 18.6 Å². The lowest BCUT2D eigenvalue weighted by Crippen LogP contribution is -2.10. The first-order valence-corrected chi connectivity index (χ1v) is 5.71. The van der Waals surface area contributed by atoms with Gasteiger partial charge in [-0.25, -0.2) is 0 Å². The van der Waals surface area contributed by atoms with Crippen molar-refractivity contribution in [2.45, 2.75) is 12.4 Å². The lowest BCUT2D eigenvalue weighted by molar-refractivity contribution is -0.0567. The molecule has 1 aliphatic rings. The van der Waals surface area contributed by atoms with E-state index < -0.39 is 0 Å². The van der Waals surface area contributed by atoms with Crippen molar-refractivity contribution in [3.8, 4) is 0 Å². The van der Waals surface area contributed by atoms with Crippen LogP contribution in [0.2, 0.25) is 0 Å². The largest absolute Gasteiger partial charge is 0.346 e. The molecule has 1 fully saturated rings. The molecular formula is C10H10BrClO2. The fourth-order valence-corrected chi connectivity index (χ4v) is 1.75. The minimum atomic E-state index is -0.258. The molecular weight excluding hydrogens is 267 g/mol. The lowest BCUT2D eigenvalue weighted by Gasteiger charge is -2.10. The Kier molecular flexibility index (Phi) is 3.44. The van der Waals surface area contributed by atoms with Gasteiger partial charge in [0.1, 0.15) is 0 Å². The van der Waals surface area contributed by atoms with E-state index in [1.165, 1.54) is 0 Å². The van der Waals surface area contributed by atoms with Crippen molar-refractivity contribution in [3.05, 3.63) is 34.3 Å². The summed E-state index contributed by atoms with van der Waals surface area (Å²) < 4.78 is 12.1. The Morgan fingerprint density at radius 3 is 2.64 bits per heavy atom. The highest BCUT2D eigenvalue weighted by Crippen LogP contribution is 2.28. The monoisotopic (exact) mass is 276 g/mol. The van der Waals surface area contributed by atoms with Gasteiger partial charge < -0.3 is 9.47 Å². The van der Waals surface area contributed by atoms with Gasteiger partial charge in [0.15, 0.2) is 6.29 Å². The van der Waals surface area contributed by atoms with Crippen LogP contribution in [0.1, 0.15) is 11.9 Å². The third-order valence-electron chi connectivity index (χ3n) is 2.06. The number of ether oxygens (including phenoxy) is 2. The zero-order chi connectivity index (χ0) is 9.97. The van der Waals surface area contributed by atoms with Crippen LogP contribution in [0.15, 0.2) is 28.7 Å². The van der Waals surface area contributed by atoms with Gasteiger partial charge >= 0.3 is 0 Å². The van der Waals surface area contributed by atoms with Gasteiger partial charge in [-0.1, -0.05) is 28.1 Å². The van der Waals surface area contributed by atoms with E-state index in [2.05, 4.69) is 15.9 Å². The van der Waals surface area contributed by atoms with Gasteiger partial charge in [-0.3, -0.25) is 0 Å². The summed E-state index contributed by atoms with van der Waals surface area (Å²) in [7, 11) is 0. The molecule has 2 atom stereocenters. The van der Waals surface area contributed by atoms with Crippen LogP contribution >= 0.6 is 27.5 Å². The molecule has 14 heavy (non-hydrogen) atoms. The van der Waals surface area contributed by atoms with Crippen molar-refractivity contribution >= 4 is 27.5 Å². The third-order valence-corrected chi connectivity index (χ3v) is 2.94. The molecule has 2 rings (SSSR count). The number of halogens is 2. The number of alkyl halides is 1. The summed E-state index contributed by atoms with van der Waals surface area (Å²) in [6.45, 7) is 0.574. The maximum Gasteiger partial charge on any atom is 0.184 e. The molecule has 0 N–H and O–H groups in total. The summed E-state index contributed by atoms with van der Waals surface area (Å²) in [4.78, 5) is 0. The van der Waals surface area contributed by atoms with E-state index in [1.54, 1.807) is 0 Å². The molecule has 1 aromatic rings. The molecule has 1 saturated heterocycles. The van der Waals surface area contributed by atoms with E-state index in [9.17, 15) is 0 Å². The molecule has 0 aliphatic carbocycles. The predicted molar refractivity (Wildman–Crippen MR) is 58.4 cm³/mol. The molecule has 4 heteroatoms. The molecule has 0 spiro atoms. The van der Waals surface area contributed by atoms with Crippen molar-refractivity contribution in [3.63, 3.8) is 0 Å². The fraction of sp³-hybridized carbons (Fsp3) is 0.400. The third kappa shape index (κ3) is 2.28. The summed E-state index contributed by atoms with van der Waals surface area (Å²) in [5.41, 5.74) is 1.03. The van der Waals surface area contributed by atoms with Crippen LogP contribution in [-0.2, 0) is 9.47 Å². The van der Waals surface area contributed by atoms with Gasteiger partial charge in [0, 0.05) is 10.0 Å². The lowest BCUT2D eigenvalue weighted by atomic mass is 10.2. The maximum atomic E-state index is 5.67. The summed E-state index contributed by atoms with van der Waals surface area (Å²) in [6.07, 6.45) is -0.239. The Balaban J connectivity index is 2.06. The van der Waals surface area contributed by atoms with E-state index in [4.69, 9.17) is 21.1 Å². The van der Waals surface area contributed by atoms with Crippen molar-refractivity contribution in [1.29, 1.82) is 0 Å². The number of benzene rings is 1. The second-order valence-corrected chi connectivity index (χ2v) is 4.35. The summed E-state index contributed by atoms with van der Waals surface area (Å²) >= 11 is 9.05. The summed E-state index contributed by atoms with van der Waals surface area (Å²) in [6, 6.07) is 7.89. The number of hydrogen-bond acceptors (Lipinski definition) is 2. The Morgan fingerprint density at radius 1 is 1.36 bits per heavy atom. The van der Waals surface area contributed by atoms with Gasteiger partial charge in [-0.15, -0.1) is 11.6 Å². The average molecular weight is 278 g/mol. The zero-order valence-corrected chi connectivity index (χ0v) is 9.79. The number of rotatable bonds is 2. The zero-order valence-electron chi connectivity index (χ0n) is 7.45. The highest BCUT2D eigenvalue weighted by molar-refractivity contribution is 9.10. The fourth-order valence-electron chi connectivity index (χ4n) is 1.32. The molecule has 1 aromatic carbocycles. The Bertz CT molecular complexity index is 301. The molecule has 2 nitrogen and oxygen atoms in total. The first kappa shape index (κ1) is 10.4. The Morgan fingerprint density at radius 2 is 2.07 bits per heavy atom. The molecule has 1 heterocycles. The highest BCUT2D eigenvalue weighted by atomic mass is 79.9. The van der Waals surface area contributed by atoms with Gasteiger partial charge in [-0.05, 0) is 12.1 Å². The Labute approximate surface area is 96.3 Å². The average Bonchev–Trinajstić information content (AvgIpc) is 2.67. The first-order valence-electron chi connectivity index (χ1n) is 4.38. The molecule has 0 saturated carbocycles. The van der Waals surface area contributed by atoms with Crippen molar-refractivity contribution in [2.24, 2.45) is 0 Å². The second-order valence-electron chi connectivity index (χ2n) is 3.13. The molecule has 0 unspecified atom stereocenters. The smallest absolute Gasteiger partial charge is 0.184 e. The highest BCUT2D eigenvalue weighted by Gasteiger charge is 2.26. The van der Waals surface area contributed by atoms with Crippen molar-refractivity contribution < 1.29 is 9.47 Å². The van der Waals surface area contributed by atoms with Crippen molar-refractivity contribution in [1.82, 2.24) is 0 Å². The second kappa shape index (κ2) is 4.62. The van der Waals surface area contributed by atoms with Crippen LogP contribution in [0.25, 0.3) is 0 Å². The molecule has 0 radical (unpaired) electrons.